The summed E-state index contributed by atoms with van der Waals surface area (Å²) in [5.74, 6) is -2.25. The van der Waals surface area contributed by atoms with Gasteiger partial charge in [0.2, 0.25) is 0 Å². The molecule has 0 saturated heterocycles. The van der Waals surface area contributed by atoms with Gasteiger partial charge in [0.05, 0.1) is 5.19 Å². The molecule has 0 atom stereocenters. The second-order valence-electron chi connectivity index (χ2n) is 4.02. The van der Waals surface area contributed by atoms with Crippen molar-refractivity contribution in [2.75, 3.05) is 13.7 Å². The number of carbonyl (C=O) groups is 3. The molecule has 0 amide bonds. The molecule has 0 bridgehead atoms. The van der Waals surface area contributed by atoms with Crippen LogP contribution < -0.4 is 5.19 Å². The van der Waals surface area contributed by atoms with Gasteiger partial charge in [0.25, 0.3) is 11.9 Å². The lowest BCUT2D eigenvalue weighted by atomic mass is 10.4. The van der Waals surface area contributed by atoms with Gasteiger partial charge in [-0.15, -0.1) is 0 Å². The van der Waals surface area contributed by atoms with Gasteiger partial charge >= 0.3 is 14.8 Å². The van der Waals surface area contributed by atoms with E-state index in [9.17, 15) is 14.4 Å². The van der Waals surface area contributed by atoms with E-state index in [0.717, 1.165) is 13.8 Å². The predicted octanol–water partition coefficient (Wildman–Crippen LogP) is 0.148. The summed E-state index contributed by atoms with van der Waals surface area (Å²) in [5.41, 5.74) is 0. The Morgan fingerprint density at radius 1 is 0.952 bits per heavy atom. The molecule has 0 aliphatic heterocycles. The maximum absolute atomic E-state index is 11.7. The Kier molecular flexibility index (Phi) is 6.06. The highest BCUT2D eigenvalue weighted by Gasteiger charge is 2.54. The van der Waals surface area contributed by atoms with Gasteiger partial charge in [0.15, 0.2) is 0 Å². The van der Waals surface area contributed by atoms with Crippen molar-refractivity contribution in [2.24, 2.45) is 0 Å². The molecule has 0 N–H and O–H groups in total. The second-order valence-corrected chi connectivity index (χ2v) is 6.32. The zero-order valence-corrected chi connectivity index (χ0v) is 13.0. The normalized spacial score (nSPS) is 10.6. The van der Waals surface area contributed by atoms with E-state index in [4.69, 9.17) is 13.3 Å². The fraction of sp³-hybridized carbons (Fsp3) is 0.308. The topological polar surface area (TPSA) is 88.1 Å². The minimum atomic E-state index is -4.03. The Labute approximate surface area is 123 Å². The summed E-state index contributed by atoms with van der Waals surface area (Å²) in [6.07, 6.45) is 0. The number of hydrogen-bond acceptors (Lipinski definition) is 7. The fourth-order valence-corrected chi connectivity index (χ4v) is 3.75. The molecule has 0 saturated carbocycles. The molecule has 0 fully saturated rings. The van der Waals surface area contributed by atoms with Gasteiger partial charge in [-0.2, -0.15) is 0 Å². The first-order valence-electron chi connectivity index (χ1n) is 6.05. The average molecular weight is 312 g/mol. The van der Waals surface area contributed by atoms with E-state index in [2.05, 4.69) is 4.74 Å². The van der Waals surface area contributed by atoms with E-state index >= 15 is 0 Å². The Morgan fingerprint density at radius 3 is 1.90 bits per heavy atom. The van der Waals surface area contributed by atoms with Crippen LogP contribution in [0.3, 0.4) is 0 Å². The summed E-state index contributed by atoms with van der Waals surface area (Å²) >= 11 is 0. The third-order valence-corrected chi connectivity index (χ3v) is 4.84. The zero-order chi connectivity index (χ0) is 15.9. The number of benzene rings is 1. The minimum Gasteiger partial charge on any atom is -0.452 e. The zero-order valence-electron chi connectivity index (χ0n) is 12.0. The molecule has 0 spiro atoms. The Balaban J connectivity index is 3.23. The molecule has 1 rings (SSSR count). The lowest BCUT2D eigenvalue weighted by molar-refractivity contribution is -0.149. The van der Waals surface area contributed by atoms with Crippen LogP contribution in [0.5, 0.6) is 0 Å². The lowest BCUT2D eigenvalue weighted by Gasteiger charge is -2.26. The fourth-order valence-electron chi connectivity index (χ4n) is 1.56. The molecule has 1 aromatic carbocycles. The highest BCUT2D eigenvalue weighted by Crippen LogP contribution is 2.12. The van der Waals surface area contributed by atoms with E-state index in [1.807, 2.05) is 0 Å². The molecule has 0 aliphatic rings. The van der Waals surface area contributed by atoms with E-state index in [1.165, 1.54) is 7.11 Å². The van der Waals surface area contributed by atoms with Gasteiger partial charge in [0.1, 0.15) is 6.61 Å². The molecule has 1 aromatic rings. The SMILES string of the molecule is COCC(=O)O[Si](OC(C)=O)(OC(C)=O)c1ccccc1. The van der Waals surface area contributed by atoms with Crippen molar-refractivity contribution in [1.82, 2.24) is 0 Å². The summed E-state index contributed by atoms with van der Waals surface area (Å²) < 4.78 is 20.1. The molecule has 0 aromatic heterocycles. The summed E-state index contributed by atoms with van der Waals surface area (Å²) in [7, 11) is -2.72. The summed E-state index contributed by atoms with van der Waals surface area (Å²) in [4.78, 5) is 34.4. The van der Waals surface area contributed by atoms with Crippen LogP contribution in [0.15, 0.2) is 30.3 Å². The van der Waals surface area contributed by atoms with E-state index in [1.54, 1.807) is 30.3 Å². The highest BCUT2D eigenvalue weighted by atomic mass is 28.4. The quantitative estimate of drug-likeness (QED) is 0.691. The molecule has 114 valence electrons. The van der Waals surface area contributed by atoms with Gasteiger partial charge in [-0.05, 0) is 0 Å². The van der Waals surface area contributed by atoms with Crippen molar-refractivity contribution in [3.63, 3.8) is 0 Å². The third-order valence-electron chi connectivity index (χ3n) is 2.19. The van der Waals surface area contributed by atoms with E-state index in [-0.39, 0.29) is 6.61 Å². The second kappa shape index (κ2) is 7.55. The van der Waals surface area contributed by atoms with Crippen LogP contribution in [0, 0.1) is 0 Å². The summed E-state index contributed by atoms with van der Waals surface area (Å²) in [6, 6.07) is 8.13. The smallest absolute Gasteiger partial charge is 0.452 e. The highest BCUT2D eigenvalue weighted by molar-refractivity contribution is 6.79. The molecule has 0 unspecified atom stereocenters. The van der Waals surface area contributed by atoms with Crippen molar-refractivity contribution in [3.05, 3.63) is 30.3 Å². The first kappa shape index (κ1) is 16.9. The molecule has 0 radical (unpaired) electrons. The maximum atomic E-state index is 11.7. The van der Waals surface area contributed by atoms with Crippen molar-refractivity contribution >= 4 is 31.9 Å². The number of hydrogen-bond donors (Lipinski definition) is 0. The van der Waals surface area contributed by atoms with Crippen molar-refractivity contribution < 1.29 is 32.4 Å². The van der Waals surface area contributed by atoms with E-state index < -0.39 is 26.7 Å². The van der Waals surface area contributed by atoms with Crippen LogP contribution in [-0.4, -0.2) is 40.4 Å². The monoisotopic (exact) mass is 312 g/mol. The van der Waals surface area contributed by atoms with Crippen LogP contribution in [0.1, 0.15) is 13.8 Å². The Bertz CT molecular complexity index is 499. The van der Waals surface area contributed by atoms with Gasteiger partial charge < -0.3 is 18.0 Å². The van der Waals surface area contributed by atoms with Gasteiger partial charge in [-0.3, -0.25) is 14.4 Å². The van der Waals surface area contributed by atoms with Gasteiger partial charge in [-0.25, -0.2) is 0 Å². The van der Waals surface area contributed by atoms with Crippen LogP contribution in [0.4, 0.5) is 0 Å². The number of ether oxygens (including phenoxy) is 1. The maximum Gasteiger partial charge on any atom is 0.742 e. The molecule has 0 aliphatic carbocycles. The average Bonchev–Trinajstić information content (AvgIpc) is 2.38. The van der Waals surface area contributed by atoms with Gasteiger partial charge in [0, 0.05) is 21.0 Å². The minimum absolute atomic E-state index is 0.319. The van der Waals surface area contributed by atoms with Crippen molar-refractivity contribution in [2.45, 2.75) is 13.8 Å². The number of carbonyl (C=O) groups excluding carboxylic acids is 3. The van der Waals surface area contributed by atoms with Crippen LogP contribution in [0.2, 0.25) is 0 Å². The van der Waals surface area contributed by atoms with Gasteiger partial charge in [-0.1, -0.05) is 30.3 Å². The van der Waals surface area contributed by atoms with Crippen molar-refractivity contribution in [3.8, 4) is 0 Å². The Morgan fingerprint density at radius 2 is 1.48 bits per heavy atom. The number of rotatable bonds is 6. The first-order chi connectivity index (χ1) is 9.89. The summed E-state index contributed by atoms with van der Waals surface area (Å²) in [6.45, 7) is 1.92. The molecular weight excluding hydrogens is 296 g/mol. The molecule has 7 nitrogen and oxygen atoms in total. The summed E-state index contributed by atoms with van der Waals surface area (Å²) in [5, 5.41) is 0.319. The molecule has 8 heteroatoms. The predicted molar refractivity (Wildman–Crippen MR) is 73.3 cm³/mol. The molecular formula is C13H16O7Si. The molecule has 0 heterocycles. The Hall–Kier alpha value is -2.19. The first-order valence-corrected chi connectivity index (χ1v) is 7.77. The van der Waals surface area contributed by atoms with E-state index in [0.29, 0.717) is 5.19 Å². The van der Waals surface area contributed by atoms with Crippen LogP contribution in [-0.2, 0) is 32.4 Å². The van der Waals surface area contributed by atoms with Crippen LogP contribution in [0.25, 0.3) is 0 Å². The third kappa shape index (κ3) is 5.01. The largest absolute Gasteiger partial charge is 0.742 e. The standard InChI is InChI=1S/C13H16O7Si/c1-10(14)18-21(19-11(2)15,20-13(16)9-17-3)12-7-5-4-6-8-12/h4-8H,9H2,1-3H3. The van der Waals surface area contributed by atoms with Crippen molar-refractivity contribution in [1.29, 1.82) is 0 Å². The van der Waals surface area contributed by atoms with Crippen LogP contribution >= 0.6 is 0 Å². The molecule has 21 heavy (non-hydrogen) atoms. The number of methoxy groups -OCH3 is 1. The lowest BCUT2D eigenvalue weighted by Crippen LogP contribution is -2.59.